The van der Waals surface area contributed by atoms with Crippen LogP contribution < -0.4 is 0 Å². The number of carbonyl (C=O) groups excluding carboxylic acids is 1. The highest BCUT2D eigenvalue weighted by Gasteiger charge is 2.29. The Kier molecular flexibility index (Phi) is 8.01. The summed E-state index contributed by atoms with van der Waals surface area (Å²) in [6.45, 7) is 8.63. The molecular formula is C17H27NO3. The predicted octanol–water partition coefficient (Wildman–Crippen LogP) is 2.90. The molecule has 0 aliphatic carbocycles. The summed E-state index contributed by atoms with van der Waals surface area (Å²) in [5, 5.41) is 0. The molecule has 0 spiro atoms. The number of benzene rings is 1. The Morgan fingerprint density at radius 1 is 1.24 bits per heavy atom. The molecule has 0 aromatic heterocycles. The Bertz CT molecular complexity index is 406. The van der Waals surface area contributed by atoms with Crippen molar-refractivity contribution in [1.82, 2.24) is 4.90 Å². The molecule has 0 saturated heterocycles. The predicted molar refractivity (Wildman–Crippen MR) is 84.1 cm³/mol. The Morgan fingerprint density at radius 3 is 2.43 bits per heavy atom. The number of hydrogen-bond acceptors (Lipinski definition) is 4. The molecule has 0 amide bonds. The monoisotopic (exact) mass is 293 g/mol. The molecule has 0 aliphatic heterocycles. The fourth-order valence-corrected chi connectivity index (χ4v) is 2.36. The second-order valence-electron chi connectivity index (χ2n) is 5.45. The van der Waals surface area contributed by atoms with Crippen LogP contribution in [0.25, 0.3) is 0 Å². The van der Waals surface area contributed by atoms with E-state index < -0.39 is 0 Å². The molecule has 21 heavy (non-hydrogen) atoms. The van der Waals surface area contributed by atoms with E-state index in [4.69, 9.17) is 9.47 Å². The Hall–Kier alpha value is -1.39. The van der Waals surface area contributed by atoms with Gasteiger partial charge in [0.05, 0.1) is 13.2 Å². The van der Waals surface area contributed by atoms with Gasteiger partial charge in [-0.15, -0.1) is 0 Å². The highest BCUT2D eigenvalue weighted by atomic mass is 16.5. The summed E-state index contributed by atoms with van der Waals surface area (Å²) in [7, 11) is 1.68. The number of esters is 1. The van der Waals surface area contributed by atoms with E-state index in [9.17, 15) is 4.79 Å². The van der Waals surface area contributed by atoms with Crippen molar-refractivity contribution in [2.45, 2.75) is 26.8 Å². The normalized spacial score (nSPS) is 12.7. The van der Waals surface area contributed by atoms with Gasteiger partial charge in [0.25, 0.3) is 0 Å². The van der Waals surface area contributed by atoms with Gasteiger partial charge in [0.15, 0.2) is 0 Å². The third kappa shape index (κ3) is 5.86. The van der Waals surface area contributed by atoms with E-state index in [1.54, 1.807) is 7.11 Å². The molecule has 0 bridgehead atoms. The van der Waals surface area contributed by atoms with Crippen molar-refractivity contribution in [3.05, 3.63) is 35.9 Å². The van der Waals surface area contributed by atoms with E-state index in [0.717, 1.165) is 12.1 Å². The first-order chi connectivity index (χ1) is 10.1. The van der Waals surface area contributed by atoms with Crippen LogP contribution in [0.4, 0.5) is 0 Å². The molecule has 1 aromatic carbocycles. The fraction of sp³-hybridized carbons (Fsp3) is 0.588. The van der Waals surface area contributed by atoms with E-state index in [1.165, 1.54) is 0 Å². The van der Waals surface area contributed by atoms with Gasteiger partial charge in [0.1, 0.15) is 6.04 Å². The van der Waals surface area contributed by atoms with E-state index >= 15 is 0 Å². The van der Waals surface area contributed by atoms with Crippen molar-refractivity contribution in [1.29, 1.82) is 0 Å². The molecule has 4 heteroatoms. The van der Waals surface area contributed by atoms with Crippen LogP contribution in [0.15, 0.2) is 30.3 Å². The number of hydrogen-bond donors (Lipinski definition) is 0. The van der Waals surface area contributed by atoms with Crippen LogP contribution in [0.5, 0.6) is 0 Å². The second kappa shape index (κ2) is 9.53. The first-order valence-corrected chi connectivity index (χ1v) is 7.54. The lowest BCUT2D eigenvalue weighted by Gasteiger charge is -2.31. The number of ether oxygens (including phenoxy) is 2. The average molecular weight is 293 g/mol. The molecule has 1 rings (SSSR count). The summed E-state index contributed by atoms with van der Waals surface area (Å²) in [5.74, 6) is 0.267. The molecule has 118 valence electrons. The molecule has 0 N–H and O–H groups in total. The van der Waals surface area contributed by atoms with Crippen molar-refractivity contribution in [2.24, 2.45) is 5.92 Å². The van der Waals surface area contributed by atoms with Crippen molar-refractivity contribution in [3.63, 3.8) is 0 Å². The van der Waals surface area contributed by atoms with Crippen molar-refractivity contribution >= 4 is 5.97 Å². The highest BCUT2D eigenvalue weighted by molar-refractivity contribution is 5.77. The van der Waals surface area contributed by atoms with Crippen LogP contribution in [0.1, 0.15) is 32.4 Å². The quantitative estimate of drug-likeness (QED) is 0.656. The summed E-state index contributed by atoms with van der Waals surface area (Å²) >= 11 is 0. The highest BCUT2D eigenvalue weighted by Crippen LogP contribution is 2.23. The molecule has 4 nitrogen and oxygen atoms in total. The molecule has 0 saturated carbocycles. The van der Waals surface area contributed by atoms with Crippen molar-refractivity contribution in [2.75, 3.05) is 33.4 Å². The fourth-order valence-electron chi connectivity index (χ4n) is 2.36. The minimum absolute atomic E-state index is 0.194. The minimum Gasteiger partial charge on any atom is -0.465 e. The molecule has 1 aromatic rings. The minimum atomic E-state index is -0.372. The van der Waals surface area contributed by atoms with Gasteiger partial charge in [-0.1, -0.05) is 44.2 Å². The summed E-state index contributed by atoms with van der Waals surface area (Å²) in [5.41, 5.74) is 0.965. The van der Waals surface area contributed by atoms with Crippen LogP contribution >= 0.6 is 0 Å². The zero-order chi connectivity index (χ0) is 15.7. The Labute approximate surface area is 128 Å². The molecule has 1 atom stereocenters. The molecular weight excluding hydrogens is 266 g/mol. The summed E-state index contributed by atoms with van der Waals surface area (Å²) in [6, 6.07) is 9.43. The van der Waals surface area contributed by atoms with Gasteiger partial charge >= 0.3 is 5.97 Å². The number of rotatable bonds is 9. The van der Waals surface area contributed by atoms with Crippen molar-refractivity contribution < 1.29 is 14.3 Å². The number of nitrogens with zero attached hydrogens (tertiary/aromatic N) is 1. The maximum absolute atomic E-state index is 12.4. The van der Waals surface area contributed by atoms with Crippen molar-refractivity contribution in [3.8, 4) is 0 Å². The molecule has 0 heterocycles. The van der Waals surface area contributed by atoms with Gasteiger partial charge in [-0.25, -0.2) is 4.79 Å². The lowest BCUT2D eigenvalue weighted by Crippen LogP contribution is -2.39. The second-order valence-corrected chi connectivity index (χ2v) is 5.45. The van der Waals surface area contributed by atoms with Gasteiger partial charge in [-0.2, -0.15) is 0 Å². The zero-order valence-corrected chi connectivity index (χ0v) is 13.5. The van der Waals surface area contributed by atoms with Crippen LogP contribution in [0.2, 0.25) is 0 Å². The van der Waals surface area contributed by atoms with Crippen LogP contribution in [-0.2, 0) is 14.3 Å². The molecule has 1 unspecified atom stereocenters. The van der Waals surface area contributed by atoms with Gasteiger partial charge in [-0.05, 0) is 18.4 Å². The SMILES string of the molecule is CCOC(=O)C(c1ccccc1)N(CCOC)CC(C)C. The molecule has 0 aliphatic rings. The number of methoxy groups -OCH3 is 1. The summed E-state index contributed by atoms with van der Waals surface area (Å²) in [4.78, 5) is 14.6. The van der Waals surface area contributed by atoms with E-state index in [0.29, 0.717) is 25.7 Å². The topological polar surface area (TPSA) is 38.8 Å². The van der Waals surface area contributed by atoms with Crippen LogP contribution in [0, 0.1) is 5.92 Å². The molecule has 0 radical (unpaired) electrons. The van der Waals surface area contributed by atoms with Gasteiger partial charge in [0.2, 0.25) is 0 Å². The smallest absolute Gasteiger partial charge is 0.328 e. The maximum atomic E-state index is 12.4. The lowest BCUT2D eigenvalue weighted by atomic mass is 10.0. The number of carbonyl (C=O) groups is 1. The van der Waals surface area contributed by atoms with Gasteiger partial charge < -0.3 is 9.47 Å². The Morgan fingerprint density at radius 2 is 1.90 bits per heavy atom. The largest absolute Gasteiger partial charge is 0.465 e. The third-order valence-corrected chi connectivity index (χ3v) is 3.17. The Balaban J connectivity index is 3.02. The summed E-state index contributed by atoms with van der Waals surface area (Å²) < 4.78 is 10.5. The average Bonchev–Trinajstić information content (AvgIpc) is 2.45. The van der Waals surface area contributed by atoms with Gasteiger partial charge in [0, 0.05) is 20.2 Å². The first kappa shape index (κ1) is 17.7. The maximum Gasteiger partial charge on any atom is 0.328 e. The first-order valence-electron chi connectivity index (χ1n) is 7.54. The van der Waals surface area contributed by atoms with E-state index in [1.807, 2.05) is 37.3 Å². The van der Waals surface area contributed by atoms with E-state index in [-0.39, 0.29) is 12.0 Å². The van der Waals surface area contributed by atoms with Crippen LogP contribution in [-0.4, -0.2) is 44.3 Å². The lowest BCUT2D eigenvalue weighted by molar-refractivity contribution is -0.150. The zero-order valence-electron chi connectivity index (χ0n) is 13.5. The summed E-state index contributed by atoms with van der Waals surface area (Å²) in [6.07, 6.45) is 0. The molecule has 0 fully saturated rings. The standard InChI is InChI=1S/C17H27NO3/c1-5-21-17(19)16(15-9-7-6-8-10-15)18(11-12-20-4)13-14(2)3/h6-10,14,16H,5,11-13H2,1-4H3. The van der Waals surface area contributed by atoms with Gasteiger partial charge in [-0.3, -0.25) is 4.90 Å². The van der Waals surface area contributed by atoms with Crippen LogP contribution in [0.3, 0.4) is 0 Å². The third-order valence-electron chi connectivity index (χ3n) is 3.17. The van der Waals surface area contributed by atoms with E-state index in [2.05, 4.69) is 18.7 Å².